The molecule has 3 aromatic rings. The molecule has 21 heavy (non-hydrogen) atoms. The summed E-state index contributed by atoms with van der Waals surface area (Å²) in [6.07, 6.45) is 3.52. The first-order valence-electron chi connectivity index (χ1n) is 6.47. The summed E-state index contributed by atoms with van der Waals surface area (Å²) in [5, 5.41) is 1.26. The fraction of sp³-hybridized carbons (Fsp3) is 0.0625. The van der Waals surface area contributed by atoms with Crippen molar-refractivity contribution in [2.24, 2.45) is 5.73 Å². The van der Waals surface area contributed by atoms with Crippen LogP contribution in [0.3, 0.4) is 0 Å². The van der Waals surface area contributed by atoms with Gasteiger partial charge in [0.2, 0.25) is 0 Å². The molecule has 3 rings (SSSR count). The third-order valence-corrected chi connectivity index (χ3v) is 3.88. The number of aromatic nitrogens is 2. The second-order valence-electron chi connectivity index (χ2n) is 4.61. The van der Waals surface area contributed by atoms with Crippen LogP contribution in [0.2, 0.25) is 10.0 Å². The molecule has 1 aromatic heterocycles. The molecule has 0 bridgehead atoms. The van der Waals surface area contributed by atoms with E-state index in [1.807, 2.05) is 34.9 Å². The SMILES string of the molecule is NCc1ccccc1-n1cncc1-c1cc(Cl)ccc1Cl. The Morgan fingerprint density at radius 1 is 1.10 bits per heavy atom. The summed E-state index contributed by atoms with van der Waals surface area (Å²) in [6.45, 7) is 0.455. The molecule has 0 radical (unpaired) electrons. The molecule has 2 aromatic carbocycles. The highest BCUT2D eigenvalue weighted by Gasteiger charge is 2.12. The van der Waals surface area contributed by atoms with Crippen LogP contribution in [-0.2, 0) is 6.54 Å². The molecule has 1 heterocycles. The van der Waals surface area contributed by atoms with Gasteiger partial charge in [-0.3, -0.25) is 4.57 Å². The van der Waals surface area contributed by atoms with E-state index in [-0.39, 0.29) is 0 Å². The quantitative estimate of drug-likeness (QED) is 0.782. The molecule has 0 unspecified atom stereocenters. The lowest BCUT2D eigenvalue weighted by Gasteiger charge is -2.13. The number of imidazole rings is 1. The Kier molecular flexibility index (Phi) is 3.97. The van der Waals surface area contributed by atoms with Gasteiger partial charge in [-0.05, 0) is 29.8 Å². The van der Waals surface area contributed by atoms with Crippen LogP contribution in [-0.4, -0.2) is 9.55 Å². The zero-order valence-corrected chi connectivity index (χ0v) is 12.6. The van der Waals surface area contributed by atoms with E-state index in [1.54, 1.807) is 24.7 Å². The summed E-state index contributed by atoms with van der Waals surface area (Å²) in [5.74, 6) is 0. The van der Waals surface area contributed by atoms with Crippen molar-refractivity contribution >= 4 is 23.2 Å². The normalized spacial score (nSPS) is 10.8. The maximum absolute atomic E-state index is 6.30. The van der Waals surface area contributed by atoms with Gasteiger partial charge in [-0.2, -0.15) is 0 Å². The summed E-state index contributed by atoms with van der Waals surface area (Å²) in [5.41, 5.74) is 9.56. The lowest BCUT2D eigenvalue weighted by Crippen LogP contribution is -2.04. The molecule has 3 nitrogen and oxygen atoms in total. The second-order valence-corrected chi connectivity index (χ2v) is 5.45. The Labute approximate surface area is 132 Å². The van der Waals surface area contributed by atoms with Crippen LogP contribution in [0.4, 0.5) is 0 Å². The van der Waals surface area contributed by atoms with Gasteiger partial charge in [0.25, 0.3) is 0 Å². The van der Waals surface area contributed by atoms with Gasteiger partial charge >= 0.3 is 0 Å². The molecule has 0 saturated heterocycles. The van der Waals surface area contributed by atoms with Crippen molar-refractivity contribution in [1.82, 2.24) is 9.55 Å². The Bertz CT molecular complexity index is 781. The topological polar surface area (TPSA) is 43.8 Å². The van der Waals surface area contributed by atoms with Crippen molar-refractivity contribution in [2.75, 3.05) is 0 Å². The predicted octanol–water partition coefficient (Wildman–Crippen LogP) is 4.30. The molecule has 0 amide bonds. The monoisotopic (exact) mass is 317 g/mol. The van der Waals surface area contributed by atoms with E-state index in [1.165, 1.54) is 0 Å². The molecule has 5 heteroatoms. The van der Waals surface area contributed by atoms with Crippen LogP contribution in [0.5, 0.6) is 0 Å². The van der Waals surface area contributed by atoms with Crippen molar-refractivity contribution in [3.8, 4) is 16.9 Å². The van der Waals surface area contributed by atoms with Crippen LogP contribution in [0.15, 0.2) is 55.0 Å². The van der Waals surface area contributed by atoms with Gasteiger partial charge in [-0.25, -0.2) is 4.98 Å². The van der Waals surface area contributed by atoms with Gasteiger partial charge < -0.3 is 5.73 Å². The maximum Gasteiger partial charge on any atom is 0.0997 e. The zero-order valence-electron chi connectivity index (χ0n) is 11.1. The zero-order chi connectivity index (χ0) is 14.8. The molecule has 0 atom stereocenters. The van der Waals surface area contributed by atoms with Crippen molar-refractivity contribution in [2.45, 2.75) is 6.54 Å². The van der Waals surface area contributed by atoms with Crippen molar-refractivity contribution in [3.05, 3.63) is 70.6 Å². The molecule has 0 fully saturated rings. The highest BCUT2D eigenvalue weighted by molar-refractivity contribution is 6.35. The molecule has 0 aliphatic heterocycles. The predicted molar refractivity (Wildman–Crippen MR) is 86.9 cm³/mol. The van der Waals surface area contributed by atoms with Gasteiger partial charge in [0.1, 0.15) is 0 Å². The number of para-hydroxylation sites is 1. The number of halogens is 2. The minimum absolute atomic E-state index is 0.455. The highest BCUT2D eigenvalue weighted by atomic mass is 35.5. The lowest BCUT2D eigenvalue weighted by atomic mass is 10.1. The molecule has 106 valence electrons. The third-order valence-electron chi connectivity index (χ3n) is 3.31. The van der Waals surface area contributed by atoms with Crippen LogP contribution >= 0.6 is 23.2 Å². The number of hydrogen-bond donors (Lipinski definition) is 1. The summed E-state index contributed by atoms with van der Waals surface area (Å²) in [6, 6.07) is 13.3. The first kappa shape index (κ1) is 14.1. The van der Waals surface area contributed by atoms with E-state index >= 15 is 0 Å². The number of benzene rings is 2. The maximum atomic E-state index is 6.30. The summed E-state index contributed by atoms with van der Waals surface area (Å²) in [7, 11) is 0. The van der Waals surface area contributed by atoms with E-state index < -0.39 is 0 Å². The fourth-order valence-electron chi connectivity index (χ4n) is 2.30. The molecule has 0 aliphatic carbocycles. The average molecular weight is 318 g/mol. The van der Waals surface area contributed by atoms with Gasteiger partial charge in [-0.15, -0.1) is 0 Å². The minimum atomic E-state index is 0.455. The third kappa shape index (κ3) is 2.68. The Balaban J connectivity index is 2.20. The smallest absolute Gasteiger partial charge is 0.0997 e. The Hall–Kier alpha value is -1.81. The number of nitrogens with zero attached hydrogens (tertiary/aromatic N) is 2. The van der Waals surface area contributed by atoms with Crippen molar-refractivity contribution < 1.29 is 0 Å². The van der Waals surface area contributed by atoms with Gasteiger partial charge in [0, 0.05) is 17.1 Å². The number of nitrogens with two attached hydrogens (primary N) is 1. The Morgan fingerprint density at radius 2 is 1.90 bits per heavy atom. The first-order chi connectivity index (χ1) is 10.2. The summed E-state index contributed by atoms with van der Waals surface area (Å²) in [4.78, 5) is 4.24. The second kappa shape index (κ2) is 5.90. The molecule has 0 aliphatic rings. The van der Waals surface area contributed by atoms with Crippen molar-refractivity contribution in [1.29, 1.82) is 0 Å². The minimum Gasteiger partial charge on any atom is -0.326 e. The van der Waals surface area contributed by atoms with E-state index in [4.69, 9.17) is 28.9 Å². The van der Waals surface area contributed by atoms with E-state index in [0.717, 1.165) is 22.5 Å². The largest absolute Gasteiger partial charge is 0.326 e. The molecule has 2 N–H and O–H groups in total. The fourth-order valence-corrected chi connectivity index (χ4v) is 2.68. The number of hydrogen-bond acceptors (Lipinski definition) is 2. The Morgan fingerprint density at radius 3 is 2.71 bits per heavy atom. The molecule has 0 saturated carbocycles. The highest BCUT2D eigenvalue weighted by Crippen LogP contribution is 2.32. The van der Waals surface area contributed by atoms with E-state index in [9.17, 15) is 0 Å². The van der Waals surface area contributed by atoms with Crippen LogP contribution in [0.1, 0.15) is 5.56 Å². The summed E-state index contributed by atoms with van der Waals surface area (Å²) >= 11 is 12.4. The number of rotatable bonds is 3. The average Bonchev–Trinajstić information content (AvgIpc) is 2.98. The van der Waals surface area contributed by atoms with E-state index in [0.29, 0.717) is 16.6 Å². The van der Waals surface area contributed by atoms with Crippen LogP contribution in [0, 0.1) is 0 Å². The lowest BCUT2D eigenvalue weighted by molar-refractivity contribution is 0.987. The summed E-state index contributed by atoms with van der Waals surface area (Å²) < 4.78 is 1.97. The standard InChI is InChI=1S/C16H13Cl2N3/c17-12-5-6-14(18)13(7-12)16-9-20-10-21(16)15-4-2-1-3-11(15)8-19/h1-7,9-10H,8,19H2. The molecule has 0 spiro atoms. The van der Waals surface area contributed by atoms with Gasteiger partial charge in [0.15, 0.2) is 0 Å². The van der Waals surface area contributed by atoms with Crippen LogP contribution < -0.4 is 5.73 Å². The van der Waals surface area contributed by atoms with E-state index in [2.05, 4.69) is 4.98 Å². The van der Waals surface area contributed by atoms with Gasteiger partial charge in [-0.1, -0.05) is 41.4 Å². The van der Waals surface area contributed by atoms with Gasteiger partial charge in [0.05, 0.1) is 28.9 Å². The molecular formula is C16H13Cl2N3. The van der Waals surface area contributed by atoms with Crippen molar-refractivity contribution in [3.63, 3.8) is 0 Å². The molecular weight excluding hydrogens is 305 g/mol. The van der Waals surface area contributed by atoms with Crippen LogP contribution in [0.25, 0.3) is 16.9 Å². The first-order valence-corrected chi connectivity index (χ1v) is 7.22.